The third-order valence-corrected chi connectivity index (χ3v) is 4.93. The zero-order valence-corrected chi connectivity index (χ0v) is 13.7. The molecule has 0 bridgehead atoms. The van der Waals surface area contributed by atoms with E-state index in [1.807, 2.05) is 0 Å². The number of alkyl halides is 5. The number of benzene rings is 2. The van der Waals surface area contributed by atoms with Crippen LogP contribution in [0.1, 0.15) is 24.1 Å². The first kappa shape index (κ1) is 19.2. The molecule has 1 N–H and O–H groups in total. The van der Waals surface area contributed by atoms with Gasteiger partial charge in [-0.3, -0.25) is 0 Å². The van der Waals surface area contributed by atoms with Gasteiger partial charge in [-0.05, 0) is 42.8 Å². The van der Waals surface area contributed by atoms with Crippen molar-refractivity contribution in [3.63, 3.8) is 0 Å². The molecule has 3 nitrogen and oxygen atoms in total. The van der Waals surface area contributed by atoms with Gasteiger partial charge in [-0.25, -0.2) is 8.42 Å². The Hall–Kier alpha value is -2.16. The van der Waals surface area contributed by atoms with Crippen LogP contribution in [0.2, 0.25) is 0 Å². The van der Waals surface area contributed by atoms with E-state index < -0.39 is 38.3 Å². The quantitative estimate of drug-likeness (QED) is 0.754. The molecule has 0 spiro atoms. The molecule has 0 aliphatic heterocycles. The highest BCUT2D eigenvalue weighted by molar-refractivity contribution is 7.91. The summed E-state index contributed by atoms with van der Waals surface area (Å²) in [6.07, 6.45) is -4.51. The lowest BCUT2D eigenvalue weighted by molar-refractivity contribution is -0.138. The summed E-state index contributed by atoms with van der Waals surface area (Å²) < 4.78 is 86.8. The molecule has 0 aliphatic carbocycles. The van der Waals surface area contributed by atoms with Crippen LogP contribution in [-0.2, 0) is 16.0 Å². The Balaban J connectivity index is 2.24. The minimum absolute atomic E-state index is 0.0132. The molecule has 2 rings (SSSR count). The molecular formula is C16H14F5NO2S. The largest absolute Gasteiger partial charge is 0.416 e. The first-order chi connectivity index (χ1) is 11.5. The Labute approximate surface area is 141 Å². The molecule has 1 atom stereocenters. The van der Waals surface area contributed by atoms with E-state index in [1.54, 1.807) is 0 Å². The summed E-state index contributed by atoms with van der Waals surface area (Å²) in [4.78, 5) is -0.559. The molecule has 0 saturated carbocycles. The van der Waals surface area contributed by atoms with Gasteiger partial charge in [0.2, 0.25) is 9.84 Å². The molecular weight excluding hydrogens is 365 g/mol. The summed E-state index contributed by atoms with van der Waals surface area (Å²) in [5.41, 5.74) is -0.469. The van der Waals surface area contributed by atoms with Crippen molar-refractivity contribution in [3.8, 4) is 0 Å². The standard InChI is InChI=1S/C16H14F5NO2S/c1-10(13-4-2-3-5-14(13)16(19,20)21)22-11-6-8-12(9-7-11)25(23,24)15(17)18/h2-10,15,22H,1H3. The second-order valence-electron chi connectivity index (χ2n) is 5.28. The van der Waals surface area contributed by atoms with Crippen molar-refractivity contribution in [2.75, 3.05) is 5.32 Å². The number of hydrogen-bond acceptors (Lipinski definition) is 3. The maximum Gasteiger partial charge on any atom is 0.416 e. The molecule has 0 heterocycles. The third-order valence-electron chi connectivity index (χ3n) is 3.53. The molecule has 25 heavy (non-hydrogen) atoms. The predicted octanol–water partition coefficient (Wildman–Crippen LogP) is 4.87. The first-order valence-electron chi connectivity index (χ1n) is 7.08. The molecule has 0 aliphatic rings. The van der Waals surface area contributed by atoms with Crippen LogP contribution >= 0.6 is 0 Å². The smallest absolute Gasteiger partial charge is 0.379 e. The molecule has 9 heteroatoms. The van der Waals surface area contributed by atoms with E-state index in [0.717, 1.165) is 18.2 Å². The van der Waals surface area contributed by atoms with Crippen LogP contribution in [-0.4, -0.2) is 14.2 Å². The normalized spacial score (nSPS) is 13.7. The third kappa shape index (κ3) is 4.28. The lowest BCUT2D eigenvalue weighted by atomic mass is 10.0. The van der Waals surface area contributed by atoms with E-state index in [0.29, 0.717) is 5.69 Å². The number of hydrogen-bond donors (Lipinski definition) is 1. The van der Waals surface area contributed by atoms with Crippen molar-refractivity contribution >= 4 is 15.5 Å². The van der Waals surface area contributed by atoms with Crippen LogP contribution in [0.25, 0.3) is 0 Å². The lowest BCUT2D eigenvalue weighted by Crippen LogP contribution is -2.15. The zero-order valence-electron chi connectivity index (χ0n) is 12.9. The van der Waals surface area contributed by atoms with Crippen LogP contribution in [0.15, 0.2) is 53.4 Å². The zero-order chi connectivity index (χ0) is 18.8. The first-order valence-corrected chi connectivity index (χ1v) is 8.63. The van der Waals surface area contributed by atoms with E-state index in [1.165, 1.54) is 37.3 Å². The Kier molecular flexibility index (Phi) is 5.36. The Morgan fingerprint density at radius 2 is 1.52 bits per heavy atom. The van der Waals surface area contributed by atoms with Gasteiger partial charge in [0.1, 0.15) is 0 Å². The van der Waals surface area contributed by atoms with E-state index >= 15 is 0 Å². The van der Waals surface area contributed by atoms with Crippen molar-refractivity contribution in [3.05, 3.63) is 59.7 Å². The summed E-state index contributed by atoms with van der Waals surface area (Å²) in [5.74, 6) is -3.54. The van der Waals surface area contributed by atoms with Gasteiger partial charge in [-0.2, -0.15) is 22.0 Å². The van der Waals surface area contributed by atoms with Gasteiger partial charge >= 0.3 is 11.9 Å². The average Bonchev–Trinajstić information content (AvgIpc) is 2.54. The highest BCUT2D eigenvalue weighted by Gasteiger charge is 2.34. The van der Waals surface area contributed by atoms with Gasteiger partial charge in [0.15, 0.2) is 0 Å². The average molecular weight is 379 g/mol. The summed E-state index contributed by atoms with van der Waals surface area (Å²) in [7, 11) is -4.71. The molecule has 1 unspecified atom stereocenters. The predicted molar refractivity (Wildman–Crippen MR) is 83.1 cm³/mol. The second kappa shape index (κ2) is 6.99. The highest BCUT2D eigenvalue weighted by atomic mass is 32.2. The van der Waals surface area contributed by atoms with Crippen molar-refractivity contribution in [1.29, 1.82) is 0 Å². The fourth-order valence-corrected chi connectivity index (χ4v) is 3.03. The Bertz CT molecular complexity index is 832. The minimum atomic E-state index is -4.71. The summed E-state index contributed by atoms with van der Waals surface area (Å²) in [5, 5.41) is 2.80. The number of anilines is 1. The molecule has 136 valence electrons. The molecule has 0 fully saturated rings. The molecule has 2 aromatic carbocycles. The Morgan fingerprint density at radius 3 is 2.04 bits per heavy atom. The summed E-state index contributed by atoms with van der Waals surface area (Å²) in [6, 6.07) is 8.71. The summed E-state index contributed by atoms with van der Waals surface area (Å²) >= 11 is 0. The number of halogens is 5. The topological polar surface area (TPSA) is 46.2 Å². The molecule has 2 aromatic rings. The maximum absolute atomic E-state index is 13.0. The van der Waals surface area contributed by atoms with Crippen molar-refractivity contribution in [2.45, 2.75) is 29.8 Å². The molecule has 0 amide bonds. The fourth-order valence-electron chi connectivity index (χ4n) is 2.30. The molecule has 0 radical (unpaired) electrons. The van der Waals surface area contributed by atoms with E-state index in [9.17, 15) is 30.4 Å². The van der Waals surface area contributed by atoms with Crippen LogP contribution in [0.4, 0.5) is 27.6 Å². The number of sulfone groups is 1. The fraction of sp³-hybridized carbons (Fsp3) is 0.250. The van der Waals surface area contributed by atoms with Gasteiger partial charge in [0.05, 0.1) is 10.5 Å². The lowest BCUT2D eigenvalue weighted by Gasteiger charge is -2.20. The van der Waals surface area contributed by atoms with Crippen LogP contribution in [0.3, 0.4) is 0 Å². The van der Waals surface area contributed by atoms with Crippen molar-refractivity contribution in [1.82, 2.24) is 0 Å². The van der Waals surface area contributed by atoms with E-state index in [2.05, 4.69) is 5.32 Å². The van der Waals surface area contributed by atoms with E-state index in [4.69, 9.17) is 0 Å². The molecule has 0 aromatic heterocycles. The van der Waals surface area contributed by atoms with Crippen molar-refractivity contribution < 1.29 is 30.4 Å². The van der Waals surface area contributed by atoms with Crippen LogP contribution in [0.5, 0.6) is 0 Å². The van der Waals surface area contributed by atoms with Gasteiger partial charge in [-0.15, -0.1) is 0 Å². The van der Waals surface area contributed by atoms with Gasteiger partial charge in [-0.1, -0.05) is 18.2 Å². The second-order valence-corrected chi connectivity index (χ2v) is 7.20. The van der Waals surface area contributed by atoms with Gasteiger partial charge in [0, 0.05) is 11.7 Å². The van der Waals surface area contributed by atoms with Crippen LogP contribution < -0.4 is 5.32 Å². The highest BCUT2D eigenvalue weighted by Crippen LogP contribution is 2.35. The van der Waals surface area contributed by atoms with Gasteiger partial charge < -0.3 is 5.32 Å². The number of nitrogens with one attached hydrogen (secondary N) is 1. The van der Waals surface area contributed by atoms with E-state index in [-0.39, 0.29) is 5.56 Å². The van der Waals surface area contributed by atoms with Crippen LogP contribution in [0, 0.1) is 0 Å². The monoisotopic (exact) mass is 379 g/mol. The SMILES string of the molecule is CC(Nc1ccc(S(=O)(=O)C(F)F)cc1)c1ccccc1C(F)(F)F. The maximum atomic E-state index is 13.0. The minimum Gasteiger partial charge on any atom is -0.379 e. The van der Waals surface area contributed by atoms with Gasteiger partial charge in [0.25, 0.3) is 0 Å². The van der Waals surface area contributed by atoms with Crippen molar-refractivity contribution in [2.24, 2.45) is 0 Å². The number of rotatable bonds is 5. The molecule has 0 saturated heterocycles. The summed E-state index contributed by atoms with van der Waals surface area (Å²) in [6.45, 7) is 1.51. The Morgan fingerprint density at radius 1 is 0.960 bits per heavy atom.